The number of hydrogen-bond acceptors (Lipinski definition) is 10. The van der Waals surface area contributed by atoms with E-state index in [1.807, 2.05) is 30.3 Å². The van der Waals surface area contributed by atoms with Crippen molar-refractivity contribution >= 4 is 34.5 Å². The van der Waals surface area contributed by atoms with Gasteiger partial charge in [0.25, 0.3) is 11.3 Å². The van der Waals surface area contributed by atoms with Crippen molar-refractivity contribution in [2.75, 3.05) is 14.2 Å². The molecule has 12 nitrogen and oxygen atoms in total. The number of aryl methyl sites for hydroxylation is 1. The van der Waals surface area contributed by atoms with Crippen molar-refractivity contribution in [1.29, 1.82) is 0 Å². The maximum Gasteiger partial charge on any atom is 0.318 e. The van der Waals surface area contributed by atoms with Gasteiger partial charge in [-0.05, 0) is 53.3 Å². The molecule has 1 atom stereocenters. The molecule has 0 radical (unpaired) electrons. The SMILES string of the molecule is COc1ccc([C@H]2C3=C(N=c4s/c(=C\c5cc([N+](=O)[O-])c(O)c([N+](=O)[O-])c5)c(=O)n42)c2ccccc2CC3)cc1OC. The van der Waals surface area contributed by atoms with Crippen molar-refractivity contribution in [3.05, 3.63) is 122 Å². The summed E-state index contributed by atoms with van der Waals surface area (Å²) in [7, 11) is 3.07. The maximum absolute atomic E-state index is 14.0. The van der Waals surface area contributed by atoms with Gasteiger partial charge in [0.05, 0.1) is 40.3 Å². The van der Waals surface area contributed by atoms with Crippen LogP contribution in [0.15, 0.2) is 70.0 Å². The molecule has 13 heteroatoms. The van der Waals surface area contributed by atoms with Crippen LogP contribution in [0.1, 0.15) is 34.7 Å². The Morgan fingerprint density at radius 2 is 1.69 bits per heavy atom. The van der Waals surface area contributed by atoms with E-state index in [0.717, 1.165) is 57.9 Å². The number of aromatic nitrogens is 1. The number of hydrogen-bond donors (Lipinski definition) is 1. The molecule has 0 unspecified atom stereocenters. The van der Waals surface area contributed by atoms with Gasteiger partial charge in [-0.25, -0.2) is 4.99 Å². The highest BCUT2D eigenvalue weighted by molar-refractivity contribution is 7.07. The van der Waals surface area contributed by atoms with E-state index in [2.05, 4.69) is 6.07 Å². The zero-order valence-corrected chi connectivity index (χ0v) is 23.1. The van der Waals surface area contributed by atoms with Crippen LogP contribution in [0, 0.1) is 20.2 Å². The van der Waals surface area contributed by atoms with Crippen LogP contribution >= 0.6 is 11.3 Å². The quantitative estimate of drug-likeness (QED) is 0.263. The number of fused-ring (bicyclic) bond motifs is 3. The first-order valence-electron chi connectivity index (χ1n) is 12.7. The molecule has 42 heavy (non-hydrogen) atoms. The number of phenolic OH excluding ortho intramolecular Hbond substituents is 1. The number of allylic oxidation sites excluding steroid dienone is 1. The minimum atomic E-state index is -1.05. The fourth-order valence-corrected chi connectivity index (χ4v) is 6.48. The second-order valence-corrected chi connectivity index (χ2v) is 10.7. The van der Waals surface area contributed by atoms with E-state index in [0.29, 0.717) is 22.7 Å². The predicted molar refractivity (Wildman–Crippen MR) is 154 cm³/mol. The highest BCUT2D eigenvalue weighted by Crippen LogP contribution is 2.43. The van der Waals surface area contributed by atoms with Crippen molar-refractivity contribution in [3.63, 3.8) is 0 Å². The summed E-state index contributed by atoms with van der Waals surface area (Å²) in [6, 6.07) is 14.9. The van der Waals surface area contributed by atoms with Gasteiger partial charge in [0, 0.05) is 17.7 Å². The molecule has 0 fully saturated rings. The Bertz CT molecular complexity index is 1990. The van der Waals surface area contributed by atoms with Crippen molar-refractivity contribution in [2.45, 2.75) is 18.9 Å². The lowest BCUT2D eigenvalue weighted by Gasteiger charge is -2.31. The lowest BCUT2D eigenvalue weighted by Crippen LogP contribution is -2.38. The monoisotopic (exact) mass is 586 g/mol. The normalized spacial score (nSPS) is 15.8. The molecule has 2 aliphatic rings. The molecule has 4 aromatic rings. The van der Waals surface area contributed by atoms with Crippen LogP contribution in [0.3, 0.4) is 0 Å². The molecule has 0 saturated carbocycles. The van der Waals surface area contributed by atoms with E-state index in [4.69, 9.17) is 14.5 Å². The fourth-order valence-electron chi connectivity index (χ4n) is 5.48. The van der Waals surface area contributed by atoms with Crippen LogP contribution in [0.2, 0.25) is 0 Å². The average Bonchev–Trinajstić information content (AvgIpc) is 3.30. The van der Waals surface area contributed by atoms with Gasteiger partial charge in [-0.1, -0.05) is 41.7 Å². The first kappa shape index (κ1) is 26.9. The van der Waals surface area contributed by atoms with Crippen LogP contribution in [-0.4, -0.2) is 33.7 Å². The van der Waals surface area contributed by atoms with Gasteiger partial charge in [-0.3, -0.25) is 29.6 Å². The zero-order valence-electron chi connectivity index (χ0n) is 22.3. The number of ether oxygens (including phenoxy) is 2. The first-order chi connectivity index (χ1) is 20.2. The predicted octanol–water partition coefficient (Wildman–Crippen LogP) is 3.86. The lowest BCUT2D eigenvalue weighted by molar-refractivity contribution is -0.396. The average molecular weight is 587 g/mol. The summed E-state index contributed by atoms with van der Waals surface area (Å²) in [6.07, 6.45) is 2.76. The molecule has 0 amide bonds. The number of aromatic hydroxyl groups is 1. The Morgan fingerprint density at radius 1 is 1.00 bits per heavy atom. The summed E-state index contributed by atoms with van der Waals surface area (Å²) in [4.78, 5) is 40.4. The number of rotatable bonds is 6. The second-order valence-electron chi connectivity index (χ2n) is 9.65. The number of nitro benzene ring substituents is 2. The van der Waals surface area contributed by atoms with Crippen LogP contribution in [0.4, 0.5) is 11.4 Å². The molecule has 3 aromatic carbocycles. The molecular formula is C29H22N4O8S. The summed E-state index contributed by atoms with van der Waals surface area (Å²) in [5.41, 5.74) is 2.57. The van der Waals surface area contributed by atoms with Gasteiger partial charge >= 0.3 is 11.4 Å². The highest BCUT2D eigenvalue weighted by Gasteiger charge is 2.33. The van der Waals surface area contributed by atoms with Crippen molar-refractivity contribution in [2.24, 2.45) is 4.99 Å². The summed E-state index contributed by atoms with van der Waals surface area (Å²) in [5.74, 6) is -0.0213. The van der Waals surface area contributed by atoms with Gasteiger partial charge in [-0.15, -0.1) is 0 Å². The van der Waals surface area contributed by atoms with E-state index in [1.165, 1.54) is 20.3 Å². The topological polar surface area (TPSA) is 159 Å². The van der Waals surface area contributed by atoms with Crippen LogP contribution in [0.5, 0.6) is 17.2 Å². The molecule has 0 saturated heterocycles. The fraction of sp³-hybridized carbons (Fsp3) is 0.172. The smallest absolute Gasteiger partial charge is 0.318 e. The second kappa shape index (κ2) is 10.3. The van der Waals surface area contributed by atoms with Gasteiger partial charge in [0.2, 0.25) is 0 Å². The minimum absolute atomic E-state index is 0.0215. The molecule has 2 heterocycles. The number of nitrogens with zero attached hydrogens (tertiary/aromatic N) is 4. The van der Waals surface area contributed by atoms with E-state index in [1.54, 1.807) is 10.6 Å². The highest BCUT2D eigenvalue weighted by atomic mass is 32.1. The molecule has 1 aromatic heterocycles. The van der Waals surface area contributed by atoms with Gasteiger partial charge < -0.3 is 14.6 Å². The Morgan fingerprint density at radius 3 is 2.36 bits per heavy atom. The molecule has 0 bridgehead atoms. The molecular weight excluding hydrogens is 564 g/mol. The number of phenols is 1. The summed E-state index contributed by atoms with van der Waals surface area (Å²) in [5, 5.41) is 33.0. The number of methoxy groups -OCH3 is 2. The molecule has 0 spiro atoms. The third-order valence-electron chi connectivity index (χ3n) is 7.38. The van der Waals surface area contributed by atoms with Gasteiger partial charge in [0.1, 0.15) is 0 Å². The molecule has 6 rings (SSSR count). The summed E-state index contributed by atoms with van der Waals surface area (Å²) >= 11 is 1.07. The third kappa shape index (κ3) is 4.30. The minimum Gasteiger partial charge on any atom is -0.497 e. The Hall–Kier alpha value is -5.30. The maximum atomic E-state index is 14.0. The Kier molecular flexibility index (Phi) is 6.58. The van der Waals surface area contributed by atoms with E-state index in [-0.39, 0.29) is 10.1 Å². The van der Waals surface area contributed by atoms with Gasteiger partial charge in [-0.2, -0.15) is 0 Å². The number of benzene rings is 3. The van der Waals surface area contributed by atoms with Crippen molar-refractivity contribution < 1.29 is 24.4 Å². The van der Waals surface area contributed by atoms with Gasteiger partial charge in [0.15, 0.2) is 16.3 Å². The zero-order chi connectivity index (χ0) is 29.7. The number of nitro groups is 2. The largest absolute Gasteiger partial charge is 0.497 e. The van der Waals surface area contributed by atoms with Crippen molar-refractivity contribution in [3.8, 4) is 17.2 Å². The standard InChI is InChI=1S/C29H22N4O8S/c1-40-22-10-8-17(14-23(22)41-2)26-19-9-7-16-5-3-4-6-18(16)25(19)30-29-31(26)28(35)24(42-29)13-15-11-20(32(36)37)27(34)21(12-15)33(38)39/h3-6,8,10-14,26,34H,7,9H2,1-2H3/b24-13-/t26-/m0/s1. The summed E-state index contributed by atoms with van der Waals surface area (Å²) in [6.45, 7) is 0. The lowest BCUT2D eigenvalue weighted by atomic mass is 9.83. The Labute approximate surface area is 241 Å². The van der Waals surface area contributed by atoms with Crippen LogP contribution < -0.4 is 24.4 Å². The molecule has 1 N–H and O–H groups in total. The van der Waals surface area contributed by atoms with E-state index < -0.39 is 38.6 Å². The number of thiazole rings is 1. The van der Waals surface area contributed by atoms with Crippen molar-refractivity contribution in [1.82, 2.24) is 4.57 Å². The van der Waals surface area contributed by atoms with E-state index in [9.17, 15) is 30.1 Å². The van der Waals surface area contributed by atoms with E-state index >= 15 is 0 Å². The first-order valence-corrected chi connectivity index (χ1v) is 13.5. The van der Waals surface area contributed by atoms with Crippen LogP contribution in [-0.2, 0) is 6.42 Å². The Balaban J connectivity index is 1.62. The van der Waals surface area contributed by atoms with Crippen LogP contribution in [0.25, 0.3) is 11.8 Å². The molecule has 1 aliphatic heterocycles. The third-order valence-corrected chi connectivity index (χ3v) is 8.36. The molecule has 212 valence electrons. The summed E-state index contributed by atoms with van der Waals surface area (Å²) < 4.78 is 12.7. The molecule has 1 aliphatic carbocycles.